The van der Waals surface area contributed by atoms with Crippen LogP contribution < -0.4 is 10.1 Å². The number of allylic oxidation sites excluding steroid dienone is 2. The topological polar surface area (TPSA) is 75.6 Å². The van der Waals surface area contributed by atoms with Crippen molar-refractivity contribution in [2.45, 2.75) is 25.7 Å². The fourth-order valence-electron chi connectivity index (χ4n) is 2.78. The molecule has 5 heteroatoms. The molecule has 0 unspecified atom stereocenters. The predicted octanol–water partition coefficient (Wildman–Crippen LogP) is 2.41. The number of aliphatic carboxylic acids is 1. The van der Waals surface area contributed by atoms with Crippen LogP contribution in [-0.4, -0.2) is 30.6 Å². The van der Waals surface area contributed by atoms with Crippen LogP contribution in [0.1, 0.15) is 24.8 Å². The Kier molecular flexibility index (Phi) is 6.20. The number of carbonyl (C=O) groups excluding carboxylic acids is 1. The minimum absolute atomic E-state index is 0.0410. The largest absolute Gasteiger partial charge is 0.496 e. The number of amides is 1. The number of carboxylic acids is 1. The number of para-hydroxylation sites is 1. The molecule has 0 radical (unpaired) electrons. The van der Waals surface area contributed by atoms with E-state index in [1.165, 1.54) is 0 Å². The second kappa shape index (κ2) is 8.36. The summed E-state index contributed by atoms with van der Waals surface area (Å²) in [5.74, 6) is -1.02. The Balaban J connectivity index is 1.95. The van der Waals surface area contributed by atoms with Crippen LogP contribution in [0.15, 0.2) is 36.4 Å². The number of hydrogen-bond acceptors (Lipinski definition) is 3. The van der Waals surface area contributed by atoms with E-state index in [9.17, 15) is 14.7 Å². The average Bonchev–Trinajstić information content (AvgIpc) is 2.59. The van der Waals surface area contributed by atoms with Gasteiger partial charge >= 0.3 is 5.97 Å². The second-order valence-corrected chi connectivity index (χ2v) is 5.78. The Labute approximate surface area is 136 Å². The molecule has 124 valence electrons. The number of carbonyl (C=O) groups is 2. The van der Waals surface area contributed by atoms with Crippen molar-refractivity contribution in [1.82, 2.24) is 5.32 Å². The van der Waals surface area contributed by atoms with Gasteiger partial charge in [-0.1, -0.05) is 30.4 Å². The maximum Gasteiger partial charge on any atom is 0.308 e. The lowest BCUT2D eigenvalue weighted by Crippen LogP contribution is -2.37. The summed E-state index contributed by atoms with van der Waals surface area (Å²) in [6.07, 6.45) is 6.87. The molecule has 23 heavy (non-hydrogen) atoms. The van der Waals surface area contributed by atoms with Crippen molar-refractivity contribution in [2.75, 3.05) is 13.7 Å². The van der Waals surface area contributed by atoms with Gasteiger partial charge in [-0.25, -0.2) is 0 Å². The average molecular weight is 317 g/mol. The van der Waals surface area contributed by atoms with Gasteiger partial charge in [-0.15, -0.1) is 0 Å². The fourth-order valence-corrected chi connectivity index (χ4v) is 2.78. The van der Waals surface area contributed by atoms with Crippen molar-refractivity contribution >= 4 is 11.9 Å². The zero-order valence-corrected chi connectivity index (χ0v) is 13.3. The van der Waals surface area contributed by atoms with E-state index in [0.29, 0.717) is 12.2 Å². The van der Waals surface area contributed by atoms with E-state index < -0.39 is 11.9 Å². The van der Waals surface area contributed by atoms with Crippen LogP contribution in [-0.2, 0) is 16.0 Å². The number of carboxylic acid groups (broad SMARTS) is 1. The van der Waals surface area contributed by atoms with Crippen molar-refractivity contribution in [3.05, 3.63) is 42.0 Å². The van der Waals surface area contributed by atoms with Gasteiger partial charge in [-0.2, -0.15) is 0 Å². The fraction of sp³-hybridized carbons (Fsp3) is 0.444. The number of ether oxygens (including phenoxy) is 1. The molecule has 0 aromatic heterocycles. The minimum Gasteiger partial charge on any atom is -0.496 e. The van der Waals surface area contributed by atoms with Gasteiger partial charge in [-0.3, -0.25) is 9.59 Å². The summed E-state index contributed by atoms with van der Waals surface area (Å²) in [7, 11) is 1.56. The first kappa shape index (κ1) is 17.1. The Hall–Kier alpha value is -2.30. The number of rotatable bonds is 7. The Bertz CT molecular complexity index is 582. The summed E-state index contributed by atoms with van der Waals surface area (Å²) in [5.41, 5.74) is 0.831. The molecule has 2 rings (SSSR count). The van der Waals surface area contributed by atoms with Gasteiger partial charge in [0.25, 0.3) is 0 Å². The molecule has 0 saturated carbocycles. The molecule has 1 aliphatic rings. The number of hydrogen-bond donors (Lipinski definition) is 2. The van der Waals surface area contributed by atoms with Crippen LogP contribution in [0.3, 0.4) is 0 Å². The van der Waals surface area contributed by atoms with Gasteiger partial charge in [0.05, 0.1) is 13.0 Å². The van der Waals surface area contributed by atoms with Crippen molar-refractivity contribution in [1.29, 1.82) is 0 Å². The SMILES string of the molecule is COc1ccccc1C[C@@H](CNC(=O)[C@H]1CC=CCC1)C(=O)O. The smallest absolute Gasteiger partial charge is 0.308 e. The highest BCUT2D eigenvalue weighted by molar-refractivity contribution is 5.80. The maximum atomic E-state index is 12.1. The van der Waals surface area contributed by atoms with Crippen LogP contribution >= 0.6 is 0 Å². The number of nitrogens with one attached hydrogen (secondary N) is 1. The Morgan fingerprint density at radius 1 is 1.35 bits per heavy atom. The summed E-state index contributed by atoms with van der Waals surface area (Å²) in [6.45, 7) is 0.131. The van der Waals surface area contributed by atoms with Crippen LogP contribution in [0, 0.1) is 11.8 Å². The van der Waals surface area contributed by atoms with Crippen LogP contribution in [0.2, 0.25) is 0 Å². The molecule has 1 amide bonds. The van der Waals surface area contributed by atoms with E-state index in [-0.39, 0.29) is 18.4 Å². The molecule has 1 aromatic carbocycles. The van der Waals surface area contributed by atoms with Crippen molar-refractivity contribution < 1.29 is 19.4 Å². The van der Waals surface area contributed by atoms with E-state index in [2.05, 4.69) is 11.4 Å². The third-order valence-corrected chi connectivity index (χ3v) is 4.17. The van der Waals surface area contributed by atoms with E-state index in [1.807, 2.05) is 24.3 Å². The van der Waals surface area contributed by atoms with Gasteiger partial charge in [0.15, 0.2) is 0 Å². The standard InChI is InChI=1S/C18H23NO4/c1-23-16-10-6-5-9-14(16)11-15(18(21)22)12-19-17(20)13-7-3-2-4-8-13/h2-3,5-6,9-10,13,15H,4,7-8,11-12H2,1H3,(H,19,20)(H,21,22)/t13-,15-/m0/s1. The van der Waals surface area contributed by atoms with Gasteiger partial charge in [0.2, 0.25) is 5.91 Å². The van der Waals surface area contributed by atoms with E-state index in [0.717, 1.165) is 24.8 Å². The highest BCUT2D eigenvalue weighted by Crippen LogP contribution is 2.22. The van der Waals surface area contributed by atoms with Gasteiger partial charge < -0.3 is 15.2 Å². The molecule has 0 bridgehead atoms. The van der Waals surface area contributed by atoms with Crippen LogP contribution in [0.5, 0.6) is 5.75 Å². The molecule has 0 saturated heterocycles. The molecule has 1 aromatic rings. The van der Waals surface area contributed by atoms with Crippen molar-refractivity contribution in [2.24, 2.45) is 11.8 Å². The highest BCUT2D eigenvalue weighted by Gasteiger charge is 2.23. The lowest BCUT2D eigenvalue weighted by molar-refractivity contribution is -0.141. The van der Waals surface area contributed by atoms with Crippen molar-refractivity contribution in [3.63, 3.8) is 0 Å². The third-order valence-electron chi connectivity index (χ3n) is 4.17. The van der Waals surface area contributed by atoms with Gasteiger partial charge in [0.1, 0.15) is 5.75 Å². The Morgan fingerprint density at radius 3 is 2.78 bits per heavy atom. The Morgan fingerprint density at radius 2 is 2.13 bits per heavy atom. The maximum absolute atomic E-state index is 12.1. The molecule has 2 atom stereocenters. The lowest BCUT2D eigenvalue weighted by Gasteiger charge is -2.20. The zero-order valence-electron chi connectivity index (χ0n) is 13.3. The first-order valence-electron chi connectivity index (χ1n) is 7.89. The van der Waals surface area contributed by atoms with Gasteiger partial charge in [-0.05, 0) is 37.3 Å². The molecule has 2 N–H and O–H groups in total. The summed E-state index contributed by atoms with van der Waals surface area (Å²) in [6, 6.07) is 7.35. The van der Waals surface area contributed by atoms with Gasteiger partial charge in [0, 0.05) is 12.5 Å². The lowest BCUT2D eigenvalue weighted by atomic mass is 9.93. The number of benzene rings is 1. The molecular weight excluding hydrogens is 294 g/mol. The number of methoxy groups -OCH3 is 1. The molecule has 1 aliphatic carbocycles. The van der Waals surface area contributed by atoms with E-state index >= 15 is 0 Å². The minimum atomic E-state index is -0.917. The molecule has 0 aliphatic heterocycles. The van der Waals surface area contributed by atoms with Crippen LogP contribution in [0.4, 0.5) is 0 Å². The molecule has 0 spiro atoms. The van der Waals surface area contributed by atoms with Crippen molar-refractivity contribution in [3.8, 4) is 5.75 Å². The summed E-state index contributed by atoms with van der Waals surface area (Å²) in [4.78, 5) is 23.6. The first-order chi connectivity index (χ1) is 11.1. The summed E-state index contributed by atoms with van der Waals surface area (Å²) in [5, 5.41) is 12.2. The molecule has 0 fully saturated rings. The monoisotopic (exact) mass is 317 g/mol. The third kappa shape index (κ3) is 4.84. The van der Waals surface area contributed by atoms with E-state index in [1.54, 1.807) is 13.2 Å². The molecular formula is C18H23NO4. The summed E-state index contributed by atoms with van der Waals surface area (Å²) < 4.78 is 5.26. The molecule has 5 nitrogen and oxygen atoms in total. The second-order valence-electron chi connectivity index (χ2n) is 5.78. The van der Waals surface area contributed by atoms with E-state index in [4.69, 9.17) is 4.74 Å². The van der Waals surface area contributed by atoms with Crippen LogP contribution in [0.25, 0.3) is 0 Å². The highest BCUT2D eigenvalue weighted by atomic mass is 16.5. The zero-order chi connectivity index (χ0) is 16.7. The molecule has 0 heterocycles. The normalized spacial score (nSPS) is 18.2. The quantitative estimate of drug-likeness (QED) is 0.757. The first-order valence-corrected chi connectivity index (χ1v) is 7.89. The predicted molar refractivity (Wildman–Crippen MR) is 87.3 cm³/mol. The summed E-state index contributed by atoms with van der Waals surface area (Å²) >= 11 is 0.